The van der Waals surface area contributed by atoms with Crippen LogP contribution in [-0.4, -0.2) is 16.1 Å². The second kappa shape index (κ2) is 7.93. The van der Waals surface area contributed by atoms with Gasteiger partial charge in [-0.05, 0) is 18.9 Å². The van der Waals surface area contributed by atoms with Crippen molar-refractivity contribution >= 4 is 5.97 Å². The smallest absolute Gasteiger partial charge is 0.331 e. The lowest BCUT2D eigenvalue weighted by Gasteiger charge is -1.97. The van der Waals surface area contributed by atoms with Crippen molar-refractivity contribution in [3.05, 3.63) is 60.0 Å². The molecule has 22 heavy (non-hydrogen) atoms. The minimum absolute atomic E-state index is 0.0426. The summed E-state index contributed by atoms with van der Waals surface area (Å²) in [7, 11) is 0. The number of rotatable bonds is 6. The first kappa shape index (κ1) is 15.7. The predicted octanol–water partition coefficient (Wildman–Crippen LogP) is 3.47. The van der Waals surface area contributed by atoms with Crippen LogP contribution in [0.2, 0.25) is 0 Å². The number of aromatic nitrogens is 2. The molecule has 2 aromatic rings. The van der Waals surface area contributed by atoms with Crippen molar-refractivity contribution in [2.45, 2.75) is 26.9 Å². The molecular weight excluding hydrogens is 280 g/mol. The Bertz CT molecular complexity index is 669. The van der Waals surface area contributed by atoms with E-state index in [1.54, 1.807) is 12.2 Å². The van der Waals surface area contributed by atoms with Gasteiger partial charge in [-0.15, -0.1) is 0 Å². The summed E-state index contributed by atoms with van der Waals surface area (Å²) in [5.74, 6) is 0.297. The number of hydrogen-bond donors (Lipinski definition) is 0. The van der Waals surface area contributed by atoms with E-state index in [4.69, 9.17) is 9.26 Å². The molecule has 0 spiro atoms. The molecule has 114 valence electrons. The molecule has 0 N–H and O–H groups in total. The fourth-order valence-electron chi connectivity index (χ4n) is 1.75. The zero-order chi connectivity index (χ0) is 15.8. The van der Waals surface area contributed by atoms with Crippen LogP contribution in [0.1, 0.15) is 25.3 Å². The summed E-state index contributed by atoms with van der Waals surface area (Å²) in [5, 5.41) is 3.89. The van der Waals surface area contributed by atoms with E-state index >= 15 is 0 Å². The second-order valence-electron chi connectivity index (χ2n) is 4.55. The van der Waals surface area contributed by atoms with Crippen molar-refractivity contribution in [3.63, 3.8) is 0 Å². The maximum Gasteiger partial charge on any atom is 0.331 e. The molecule has 0 saturated carbocycles. The fourth-order valence-corrected chi connectivity index (χ4v) is 1.75. The monoisotopic (exact) mass is 298 g/mol. The van der Waals surface area contributed by atoms with Crippen molar-refractivity contribution in [3.8, 4) is 11.4 Å². The Hall–Kier alpha value is -2.69. The SMILES string of the molecule is C/C=C/C=C/C(=O)OCc1nc(-c2ccc(CC)cc2)no1. The number of esters is 1. The first-order valence-corrected chi connectivity index (χ1v) is 7.11. The molecule has 1 aromatic heterocycles. The van der Waals surface area contributed by atoms with Gasteiger partial charge in [0.2, 0.25) is 5.82 Å². The Labute approximate surface area is 129 Å². The molecule has 0 unspecified atom stereocenters. The Balaban J connectivity index is 1.94. The molecule has 0 aliphatic rings. The molecule has 0 aliphatic heterocycles. The number of carbonyl (C=O) groups excluding carboxylic acids is 1. The molecule has 0 fully saturated rings. The highest BCUT2D eigenvalue weighted by atomic mass is 16.6. The van der Waals surface area contributed by atoms with Crippen LogP contribution in [0, 0.1) is 0 Å². The number of ether oxygens (including phenoxy) is 1. The van der Waals surface area contributed by atoms with Crippen molar-refractivity contribution in [1.82, 2.24) is 10.1 Å². The molecule has 5 nitrogen and oxygen atoms in total. The van der Waals surface area contributed by atoms with Crippen LogP contribution in [-0.2, 0) is 22.6 Å². The molecule has 2 rings (SSSR count). The van der Waals surface area contributed by atoms with Gasteiger partial charge in [0.25, 0.3) is 5.89 Å². The van der Waals surface area contributed by atoms with Crippen LogP contribution < -0.4 is 0 Å². The number of hydrogen-bond acceptors (Lipinski definition) is 5. The van der Waals surface area contributed by atoms with Gasteiger partial charge in [0.1, 0.15) is 0 Å². The molecule has 1 heterocycles. The van der Waals surface area contributed by atoms with E-state index in [9.17, 15) is 4.79 Å². The van der Waals surface area contributed by atoms with Gasteiger partial charge in [-0.2, -0.15) is 4.98 Å². The molecule has 0 saturated heterocycles. The predicted molar refractivity (Wildman–Crippen MR) is 82.9 cm³/mol. The van der Waals surface area contributed by atoms with Crippen LogP contribution in [0.5, 0.6) is 0 Å². The first-order chi connectivity index (χ1) is 10.7. The van der Waals surface area contributed by atoms with E-state index in [1.165, 1.54) is 11.6 Å². The number of aryl methyl sites for hydroxylation is 1. The lowest BCUT2D eigenvalue weighted by atomic mass is 10.1. The number of benzene rings is 1. The van der Waals surface area contributed by atoms with Gasteiger partial charge in [-0.3, -0.25) is 0 Å². The van der Waals surface area contributed by atoms with Gasteiger partial charge in [0.15, 0.2) is 6.61 Å². The minimum Gasteiger partial charge on any atom is -0.452 e. The Morgan fingerprint density at radius 1 is 1.27 bits per heavy atom. The van der Waals surface area contributed by atoms with Crippen LogP contribution in [0.15, 0.2) is 53.1 Å². The molecule has 0 aliphatic carbocycles. The molecule has 0 bridgehead atoms. The topological polar surface area (TPSA) is 65.2 Å². The van der Waals surface area contributed by atoms with Gasteiger partial charge in [-0.25, -0.2) is 4.79 Å². The number of nitrogens with zero attached hydrogens (tertiary/aromatic N) is 2. The number of carbonyl (C=O) groups is 1. The minimum atomic E-state index is -0.454. The third kappa shape index (κ3) is 4.41. The summed E-state index contributed by atoms with van der Waals surface area (Å²) in [5.41, 5.74) is 2.11. The summed E-state index contributed by atoms with van der Waals surface area (Å²) in [4.78, 5) is 15.6. The van der Waals surface area contributed by atoms with Gasteiger partial charge >= 0.3 is 5.97 Å². The van der Waals surface area contributed by atoms with E-state index in [0.717, 1.165) is 12.0 Å². The van der Waals surface area contributed by atoms with E-state index in [1.807, 2.05) is 37.3 Å². The van der Waals surface area contributed by atoms with Crippen molar-refractivity contribution in [1.29, 1.82) is 0 Å². The molecule has 5 heteroatoms. The van der Waals surface area contributed by atoms with E-state index in [0.29, 0.717) is 5.82 Å². The van der Waals surface area contributed by atoms with E-state index < -0.39 is 5.97 Å². The second-order valence-corrected chi connectivity index (χ2v) is 4.55. The summed E-state index contributed by atoms with van der Waals surface area (Å²) < 4.78 is 10.1. The van der Waals surface area contributed by atoms with Crippen molar-refractivity contribution in [2.75, 3.05) is 0 Å². The van der Waals surface area contributed by atoms with Crippen LogP contribution >= 0.6 is 0 Å². The third-order valence-corrected chi connectivity index (χ3v) is 2.96. The number of allylic oxidation sites excluding steroid dienone is 3. The zero-order valence-corrected chi connectivity index (χ0v) is 12.7. The van der Waals surface area contributed by atoms with Gasteiger partial charge < -0.3 is 9.26 Å². The summed E-state index contributed by atoms with van der Waals surface area (Å²) in [6.07, 6.45) is 7.48. The lowest BCUT2D eigenvalue weighted by Crippen LogP contribution is -2.00. The molecule has 0 atom stereocenters. The average molecular weight is 298 g/mol. The van der Waals surface area contributed by atoms with Crippen molar-refractivity contribution in [2.24, 2.45) is 0 Å². The zero-order valence-electron chi connectivity index (χ0n) is 12.7. The molecule has 1 aromatic carbocycles. The standard InChI is InChI=1S/C17H18N2O3/c1-3-5-6-7-16(20)21-12-15-18-17(19-22-15)14-10-8-13(4-2)9-11-14/h3,5-11H,4,12H2,1-2H3/b5-3+,7-6+. The third-order valence-electron chi connectivity index (χ3n) is 2.96. The van der Waals surface area contributed by atoms with Gasteiger partial charge in [0.05, 0.1) is 0 Å². The molecule has 0 radical (unpaired) electrons. The van der Waals surface area contributed by atoms with Crippen LogP contribution in [0.3, 0.4) is 0 Å². The molecule has 0 amide bonds. The van der Waals surface area contributed by atoms with Crippen LogP contribution in [0.25, 0.3) is 11.4 Å². The molecular formula is C17H18N2O3. The Kier molecular flexibility index (Phi) is 5.65. The van der Waals surface area contributed by atoms with Crippen molar-refractivity contribution < 1.29 is 14.1 Å². The quantitative estimate of drug-likeness (QED) is 0.464. The highest BCUT2D eigenvalue weighted by Gasteiger charge is 2.10. The largest absolute Gasteiger partial charge is 0.452 e. The summed E-state index contributed by atoms with van der Waals surface area (Å²) in [6, 6.07) is 7.94. The van der Waals surface area contributed by atoms with Gasteiger partial charge in [0, 0.05) is 11.6 Å². The highest BCUT2D eigenvalue weighted by molar-refractivity contribution is 5.82. The summed E-state index contributed by atoms with van der Waals surface area (Å²) >= 11 is 0. The summed E-state index contributed by atoms with van der Waals surface area (Å²) in [6.45, 7) is 3.92. The lowest BCUT2D eigenvalue weighted by molar-refractivity contribution is -0.139. The average Bonchev–Trinajstić information content (AvgIpc) is 3.02. The fraction of sp³-hybridized carbons (Fsp3) is 0.235. The first-order valence-electron chi connectivity index (χ1n) is 7.11. The van der Waals surface area contributed by atoms with E-state index in [-0.39, 0.29) is 12.5 Å². The maximum absolute atomic E-state index is 11.4. The Morgan fingerprint density at radius 2 is 2.05 bits per heavy atom. The van der Waals surface area contributed by atoms with Crippen LogP contribution in [0.4, 0.5) is 0 Å². The Morgan fingerprint density at radius 3 is 2.73 bits per heavy atom. The normalized spacial score (nSPS) is 11.4. The van der Waals surface area contributed by atoms with Gasteiger partial charge in [-0.1, -0.05) is 54.6 Å². The maximum atomic E-state index is 11.4. The highest BCUT2D eigenvalue weighted by Crippen LogP contribution is 2.17. The van der Waals surface area contributed by atoms with E-state index in [2.05, 4.69) is 17.1 Å².